The molecular weight excluding hydrogens is 687 g/mol. The monoisotopic (exact) mass is 719 g/mol. The maximum atomic E-state index is 6.41. The smallest absolute Gasteiger partial charge is 0.137 e. The first-order valence-electron chi connectivity index (χ1n) is 18.7. The molecule has 55 heavy (non-hydrogen) atoms. The number of benzene rings is 9. The number of nitrogens with zero attached hydrogens (tertiary/aromatic N) is 1. The van der Waals surface area contributed by atoms with E-state index in [9.17, 15) is 0 Å². The van der Waals surface area contributed by atoms with E-state index in [2.05, 4.69) is 199 Å². The van der Waals surface area contributed by atoms with Crippen molar-refractivity contribution in [1.29, 1.82) is 0 Å². The van der Waals surface area contributed by atoms with Gasteiger partial charge in [0, 0.05) is 31.2 Å². The van der Waals surface area contributed by atoms with Crippen molar-refractivity contribution < 1.29 is 4.42 Å². The normalized spacial score (nSPS) is 11.6. The van der Waals surface area contributed by atoms with Gasteiger partial charge in [-0.25, -0.2) is 0 Å². The molecule has 0 unspecified atom stereocenters. The summed E-state index contributed by atoms with van der Waals surface area (Å²) in [5, 5.41) is 7.26. The van der Waals surface area contributed by atoms with E-state index < -0.39 is 0 Å². The van der Waals surface area contributed by atoms with Gasteiger partial charge < -0.3 is 9.32 Å². The fourth-order valence-electron chi connectivity index (χ4n) is 8.22. The van der Waals surface area contributed by atoms with E-state index in [0.717, 1.165) is 39.0 Å². The summed E-state index contributed by atoms with van der Waals surface area (Å²) in [5.41, 5.74) is 12.3. The van der Waals surface area contributed by atoms with Crippen LogP contribution in [0.5, 0.6) is 0 Å². The zero-order chi connectivity index (χ0) is 36.3. The first kappa shape index (κ1) is 31.6. The Morgan fingerprint density at radius 1 is 0.345 bits per heavy atom. The number of para-hydroxylation sites is 1. The van der Waals surface area contributed by atoms with Gasteiger partial charge in [-0.3, -0.25) is 0 Å². The predicted octanol–water partition coefficient (Wildman–Crippen LogP) is 15.6. The average molecular weight is 720 g/mol. The fourth-order valence-corrected chi connectivity index (χ4v) is 9.35. The molecule has 0 atom stereocenters. The summed E-state index contributed by atoms with van der Waals surface area (Å²) < 4.78 is 8.96. The maximum absolute atomic E-state index is 6.41. The summed E-state index contributed by atoms with van der Waals surface area (Å²) >= 11 is 1.85. The van der Waals surface area contributed by atoms with Crippen LogP contribution in [0.25, 0.3) is 86.3 Å². The first-order valence-corrected chi connectivity index (χ1v) is 19.5. The summed E-state index contributed by atoms with van der Waals surface area (Å²) in [4.78, 5) is 2.42. The van der Waals surface area contributed by atoms with Gasteiger partial charge in [-0.2, -0.15) is 0 Å². The number of anilines is 3. The molecule has 0 fully saturated rings. The number of fused-ring (bicyclic) bond motifs is 7. The number of hydrogen-bond donors (Lipinski definition) is 0. The lowest BCUT2D eigenvalue weighted by Crippen LogP contribution is -2.10. The van der Waals surface area contributed by atoms with E-state index in [0.29, 0.717) is 0 Å². The Morgan fingerprint density at radius 3 is 1.67 bits per heavy atom. The highest BCUT2D eigenvalue weighted by Gasteiger charge is 2.22. The molecule has 3 heteroatoms. The van der Waals surface area contributed by atoms with Crippen LogP contribution in [0.4, 0.5) is 17.1 Å². The Bertz CT molecular complexity index is 3110. The Balaban J connectivity index is 1.02. The van der Waals surface area contributed by atoms with E-state index in [4.69, 9.17) is 4.42 Å². The van der Waals surface area contributed by atoms with Gasteiger partial charge in [0.2, 0.25) is 0 Å². The molecule has 0 saturated heterocycles. The molecule has 258 valence electrons. The van der Waals surface area contributed by atoms with E-state index in [1.54, 1.807) is 0 Å². The summed E-state index contributed by atoms with van der Waals surface area (Å²) in [6.45, 7) is 0. The lowest BCUT2D eigenvalue weighted by atomic mass is 9.95. The molecule has 2 aromatic heterocycles. The SMILES string of the molecule is c1cc(-c2ccc(N(c3cccc4oc5ccccc5c34)c3cccc4sc5ccccc5c34)cc2)cc(-c2cccc(-c3ccc4ccccc4c3)c2)c1. The lowest BCUT2D eigenvalue weighted by Gasteiger charge is -2.27. The molecule has 0 radical (unpaired) electrons. The molecule has 0 aliphatic heterocycles. The highest BCUT2D eigenvalue weighted by molar-refractivity contribution is 7.26. The summed E-state index contributed by atoms with van der Waals surface area (Å²) in [7, 11) is 0. The van der Waals surface area contributed by atoms with Gasteiger partial charge in [-0.1, -0.05) is 133 Å². The molecule has 11 rings (SSSR count). The van der Waals surface area contributed by atoms with E-state index in [1.807, 2.05) is 17.4 Å². The van der Waals surface area contributed by atoms with Gasteiger partial charge in [-0.15, -0.1) is 11.3 Å². The van der Waals surface area contributed by atoms with Crippen LogP contribution in [0.1, 0.15) is 0 Å². The Hall–Kier alpha value is -6.94. The summed E-state index contributed by atoms with van der Waals surface area (Å²) in [5.74, 6) is 0. The zero-order valence-corrected chi connectivity index (χ0v) is 30.6. The third kappa shape index (κ3) is 5.40. The van der Waals surface area contributed by atoms with Crippen molar-refractivity contribution in [1.82, 2.24) is 0 Å². The highest BCUT2D eigenvalue weighted by atomic mass is 32.1. The standard InChI is InChI=1S/C52H33NOS/c1-2-12-36-32-41(26-25-34(36)11-1)40-16-8-15-39(33-40)38-14-7-13-37(31-38)35-27-29-42(30-28-35)53(45-19-9-22-48-51(45)43-17-3-5-21-47(43)54-48)46-20-10-24-50-52(46)44-18-4-6-23-49(44)55-50/h1-33H. The largest absolute Gasteiger partial charge is 0.456 e. The molecule has 0 amide bonds. The van der Waals surface area contributed by atoms with Crippen LogP contribution < -0.4 is 4.90 Å². The van der Waals surface area contributed by atoms with Crippen molar-refractivity contribution in [3.8, 4) is 33.4 Å². The van der Waals surface area contributed by atoms with Gasteiger partial charge in [0.25, 0.3) is 0 Å². The number of hydrogen-bond acceptors (Lipinski definition) is 3. The van der Waals surface area contributed by atoms with Crippen LogP contribution >= 0.6 is 11.3 Å². The third-order valence-electron chi connectivity index (χ3n) is 10.8. The first-order chi connectivity index (χ1) is 27.2. The van der Waals surface area contributed by atoms with Gasteiger partial charge in [-0.05, 0) is 111 Å². The van der Waals surface area contributed by atoms with E-state index >= 15 is 0 Å². The van der Waals surface area contributed by atoms with Crippen LogP contribution in [-0.4, -0.2) is 0 Å². The van der Waals surface area contributed by atoms with Crippen molar-refractivity contribution >= 4 is 81.3 Å². The average Bonchev–Trinajstić information content (AvgIpc) is 3.83. The molecule has 0 bridgehead atoms. The molecule has 2 nitrogen and oxygen atoms in total. The molecule has 0 saturated carbocycles. The van der Waals surface area contributed by atoms with Crippen molar-refractivity contribution in [3.63, 3.8) is 0 Å². The minimum Gasteiger partial charge on any atom is -0.456 e. The van der Waals surface area contributed by atoms with E-state index in [1.165, 1.54) is 64.3 Å². The van der Waals surface area contributed by atoms with Crippen molar-refractivity contribution in [3.05, 3.63) is 200 Å². The van der Waals surface area contributed by atoms with Crippen molar-refractivity contribution in [2.75, 3.05) is 4.90 Å². The summed E-state index contributed by atoms with van der Waals surface area (Å²) in [6.07, 6.45) is 0. The quantitative estimate of drug-likeness (QED) is 0.170. The van der Waals surface area contributed by atoms with Gasteiger partial charge in [0.1, 0.15) is 11.2 Å². The van der Waals surface area contributed by atoms with Crippen molar-refractivity contribution in [2.24, 2.45) is 0 Å². The Morgan fingerprint density at radius 2 is 0.891 bits per heavy atom. The van der Waals surface area contributed by atoms with Crippen LogP contribution in [0, 0.1) is 0 Å². The molecule has 9 aromatic carbocycles. The fraction of sp³-hybridized carbons (Fsp3) is 0. The number of rotatable bonds is 6. The molecule has 0 aliphatic rings. The number of furan rings is 1. The van der Waals surface area contributed by atoms with Crippen LogP contribution in [-0.2, 0) is 0 Å². The highest BCUT2D eigenvalue weighted by Crippen LogP contribution is 2.48. The zero-order valence-electron chi connectivity index (χ0n) is 29.8. The Labute approximate surface area is 322 Å². The predicted molar refractivity (Wildman–Crippen MR) is 235 cm³/mol. The van der Waals surface area contributed by atoms with Crippen molar-refractivity contribution in [2.45, 2.75) is 0 Å². The van der Waals surface area contributed by atoms with Gasteiger partial charge >= 0.3 is 0 Å². The minimum absolute atomic E-state index is 0.879. The minimum atomic E-state index is 0.879. The third-order valence-corrected chi connectivity index (χ3v) is 12.0. The van der Waals surface area contributed by atoms with Crippen LogP contribution in [0.15, 0.2) is 205 Å². The lowest BCUT2D eigenvalue weighted by molar-refractivity contribution is 0.669. The second-order valence-corrected chi connectivity index (χ2v) is 15.2. The molecule has 2 heterocycles. The maximum Gasteiger partial charge on any atom is 0.137 e. The molecule has 0 aliphatic carbocycles. The van der Waals surface area contributed by atoms with Crippen LogP contribution in [0.3, 0.4) is 0 Å². The van der Waals surface area contributed by atoms with Crippen LogP contribution in [0.2, 0.25) is 0 Å². The number of thiophene rings is 1. The van der Waals surface area contributed by atoms with Gasteiger partial charge in [0.15, 0.2) is 0 Å². The molecule has 11 aromatic rings. The molecule has 0 N–H and O–H groups in total. The second-order valence-electron chi connectivity index (χ2n) is 14.1. The molecular formula is C52H33NOS. The van der Waals surface area contributed by atoms with Gasteiger partial charge in [0.05, 0.1) is 16.8 Å². The second kappa shape index (κ2) is 12.9. The topological polar surface area (TPSA) is 16.4 Å². The van der Waals surface area contributed by atoms with E-state index in [-0.39, 0.29) is 0 Å². The molecule has 0 spiro atoms. The summed E-state index contributed by atoms with van der Waals surface area (Å²) in [6, 6.07) is 72.2. The Kier molecular flexibility index (Phi) is 7.39.